The summed E-state index contributed by atoms with van der Waals surface area (Å²) in [5, 5.41) is 18.9. The predicted octanol–water partition coefficient (Wildman–Crippen LogP) is 2.94. The van der Waals surface area contributed by atoms with E-state index in [1.54, 1.807) is 16.8 Å². The molecule has 1 atom stereocenters. The van der Waals surface area contributed by atoms with E-state index in [4.69, 9.17) is 10.9 Å². The summed E-state index contributed by atoms with van der Waals surface area (Å²) in [5.41, 5.74) is 12.5. The fourth-order valence-electron chi connectivity index (χ4n) is 2.85. The largest absolute Gasteiger partial charge is 0.367 e. The lowest BCUT2D eigenvalue weighted by atomic mass is 9.81. The van der Waals surface area contributed by atoms with Gasteiger partial charge in [0.2, 0.25) is 5.96 Å². The van der Waals surface area contributed by atoms with Crippen LogP contribution in [0, 0.1) is 6.92 Å². The zero-order valence-corrected chi connectivity index (χ0v) is 14.9. The quantitative estimate of drug-likeness (QED) is 0.415. The second-order valence-corrected chi connectivity index (χ2v) is 7.58. The van der Waals surface area contributed by atoms with Crippen molar-refractivity contribution < 1.29 is 5.21 Å². The molecule has 1 unspecified atom stereocenters. The summed E-state index contributed by atoms with van der Waals surface area (Å²) in [7, 11) is 0. The molecule has 2 aromatic rings. The minimum Gasteiger partial charge on any atom is -0.367 e. The van der Waals surface area contributed by atoms with E-state index < -0.39 is 0 Å². The Morgan fingerprint density at radius 1 is 1.48 bits per heavy atom. The second kappa shape index (κ2) is 6.77. The number of hydrogen-bond acceptors (Lipinski definition) is 5. The van der Waals surface area contributed by atoms with Crippen molar-refractivity contribution in [3.63, 3.8) is 0 Å². The molecule has 1 aliphatic rings. The third kappa shape index (κ3) is 3.29. The minimum atomic E-state index is -0.139. The third-order valence-corrected chi connectivity index (χ3v) is 5.62. The normalized spacial score (nSPS) is 19.7. The molecule has 2 heterocycles. The number of hydrogen-bond donors (Lipinski definition) is 3. The minimum absolute atomic E-state index is 0.139. The first-order valence-corrected chi connectivity index (χ1v) is 8.75. The molecule has 0 fully saturated rings. The Kier molecular flexibility index (Phi) is 4.74. The number of halogens is 1. The predicted molar refractivity (Wildman–Crippen MR) is 95.1 cm³/mol. The van der Waals surface area contributed by atoms with Crippen molar-refractivity contribution in [1.82, 2.24) is 10.5 Å². The van der Waals surface area contributed by atoms with E-state index in [1.807, 2.05) is 19.2 Å². The van der Waals surface area contributed by atoms with E-state index in [-0.39, 0.29) is 11.9 Å². The summed E-state index contributed by atoms with van der Waals surface area (Å²) in [4.78, 5) is 4.53. The molecule has 0 amide bonds. The molecule has 0 aliphatic heterocycles. The molecule has 23 heavy (non-hydrogen) atoms. The van der Waals surface area contributed by atoms with Crippen molar-refractivity contribution in [2.24, 2.45) is 15.9 Å². The Balaban J connectivity index is 2.06. The zero-order valence-electron chi connectivity index (χ0n) is 12.5. The monoisotopic (exact) mass is 393 g/mol. The number of aromatic nitrogens is 1. The first-order chi connectivity index (χ1) is 11.1. The molecule has 2 aromatic heterocycles. The highest BCUT2D eigenvalue weighted by Crippen LogP contribution is 2.38. The van der Waals surface area contributed by atoms with Crippen molar-refractivity contribution in [2.75, 3.05) is 0 Å². The zero-order chi connectivity index (χ0) is 16.4. The lowest BCUT2D eigenvalue weighted by Crippen LogP contribution is -2.28. The van der Waals surface area contributed by atoms with Crippen molar-refractivity contribution in [1.29, 1.82) is 0 Å². The molecule has 0 aromatic carbocycles. The van der Waals surface area contributed by atoms with Gasteiger partial charge in [-0.05, 0) is 70.3 Å². The van der Waals surface area contributed by atoms with Gasteiger partial charge in [0.15, 0.2) is 0 Å². The van der Waals surface area contributed by atoms with E-state index >= 15 is 0 Å². The van der Waals surface area contributed by atoms with Crippen molar-refractivity contribution in [3.8, 4) is 0 Å². The molecule has 0 saturated heterocycles. The van der Waals surface area contributed by atoms with Gasteiger partial charge in [0.25, 0.3) is 0 Å². The van der Waals surface area contributed by atoms with E-state index in [0.29, 0.717) is 0 Å². The van der Waals surface area contributed by atoms with E-state index in [1.165, 1.54) is 5.56 Å². The van der Waals surface area contributed by atoms with Gasteiger partial charge in [-0.3, -0.25) is 10.2 Å². The number of hydroxylamine groups is 1. The van der Waals surface area contributed by atoms with Gasteiger partial charge in [-0.25, -0.2) is 5.48 Å². The fourth-order valence-corrected chi connectivity index (χ4v) is 4.33. The van der Waals surface area contributed by atoms with Gasteiger partial charge in [0.1, 0.15) is 0 Å². The third-order valence-electron chi connectivity index (χ3n) is 3.88. The second-order valence-electron chi connectivity index (χ2n) is 5.35. The highest BCUT2D eigenvalue weighted by molar-refractivity contribution is 9.11. The number of fused-ring (bicyclic) bond motifs is 1. The van der Waals surface area contributed by atoms with Crippen molar-refractivity contribution in [3.05, 3.63) is 49.9 Å². The van der Waals surface area contributed by atoms with Crippen LogP contribution in [0.1, 0.15) is 34.7 Å². The Morgan fingerprint density at radius 2 is 2.30 bits per heavy atom. The molecule has 0 spiro atoms. The molecule has 4 N–H and O–H groups in total. The van der Waals surface area contributed by atoms with Gasteiger partial charge in [0.05, 0.1) is 15.2 Å². The number of nitrogens with two attached hydrogens (primary N) is 1. The van der Waals surface area contributed by atoms with E-state index in [0.717, 1.165) is 39.2 Å². The van der Waals surface area contributed by atoms with Gasteiger partial charge in [-0.1, -0.05) is 0 Å². The Hall–Kier alpha value is -1.77. The molecule has 0 radical (unpaired) electrons. The average molecular weight is 394 g/mol. The van der Waals surface area contributed by atoms with Gasteiger partial charge >= 0.3 is 0 Å². The highest BCUT2D eigenvalue weighted by atomic mass is 79.9. The van der Waals surface area contributed by atoms with Gasteiger partial charge in [-0.2, -0.15) is 5.10 Å². The van der Waals surface area contributed by atoms with Gasteiger partial charge in [-0.15, -0.1) is 16.4 Å². The summed E-state index contributed by atoms with van der Waals surface area (Å²) < 4.78 is 1.14. The molecule has 3 rings (SSSR count). The summed E-state index contributed by atoms with van der Waals surface area (Å²) in [6.45, 7) is 2.04. The van der Waals surface area contributed by atoms with Crippen LogP contribution in [-0.4, -0.2) is 21.9 Å². The van der Waals surface area contributed by atoms with Crippen molar-refractivity contribution in [2.45, 2.75) is 25.7 Å². The van der Waals surface area contributed by atoms with Crippen LogP contribution in [0.2, 0.25) is 0 Å². The number of nitrogens with zero attached hydrogens (tertiary/aromatic N) is 3. The van der Waals surface area contributed by atoms with Crippen LogP contribution >= 0.6 is 27.3 Å². The molecule has 1 aliphatic carbocycles. The lowest BCUT2D eigenvalue weighted by Gasteiger charge is -2.26. The Bertz CT molecular complexity index is 786. The smallest absolute Gasteiger partial charge is 0.237 e. The maximum Gasteiger partial charge on any atom is 0.237 e. The summed E-state index contributed by atoms with van der Waals surface area (Å²) >= 11 is 5.29. The summed E-state index contributed by atoms with van der Waals surface area (Å²) in [5.74, 6) is 0.147. The van der Waals surface area contributed by atoms with Crippen LogP contribution in [0.15, 0.2) is 37.7 Å². The summed E-state index contributed by atoms with van der Waals surface area (Å²) in [6, 6.07) is 4.09. The number of rotatable bonds is 2. The number of guanidine groups is 1. The van der Waals surface area contributed by atoms with Crippen LogP contribution in [0.25, 0.3) is 0 Å². The number of thiophene rings is 1. The average Bonchev–Trinajstić information content (AvgIpc) is 2.98. The van der Waals surface area contributed by atoms with E-state index in [9.17, 15) is 0 Å². The summed E-state index contributed by atoms with van der Waals surface area (Å²) in [6.07, 6.45) is 3.43. The molecule has 120 valence electrons. The molecular formula is C15H16BrN5OS. The van der Waals surface area contributed by atoms with Crippen LogP contribution in [-0.2, 0) is 6.42 Å². The molecule has 0 saturated carbocycles. The lowest BCUT2D eigenvalue weighted by molar-refractivity contribution is 0.232. The van der Waals surface area contributed by atoms with Crippen LogP contribution < -0.4 is 11.2 Å². The highest BCUT2D eigenvalue weighted by Gasteiger charge is 2.28. The molecular weight excluding hydrogens is 378 g/mol. The van der Waals surface area contributed by atoms with Crippen molar-refractivity contribution >= 4 is 38.9 Å². The first kappa shape index (κ1) is 16.1. The van der Waals surface area contributed by atoms with Crippen LogP contribution in [0.3, 0.4) is 0 Å². The van der Waals surface area contributed by atoms with E-state index in [2.05, 4.69) is 42.6 Å². The molecule has 6 nitrogen and oxygen atoms in total. The maximum atomic E-state index is 8.76. The number of aryl methyl sites for hydroxylation is 1. The van der Waals surface area contributed by atoms with Crippen LogP contribution in [0.5, 0.6) is 0 Å². The Labute approximate surface area is 146 Å². The van der Waals surface area contributed by atoms with Gasteiger partial charge < -0.3 is 5.73 Å². The standard InChI is InChI=1S/C15H16BrN5OS/c1-8-2-4-18-11-6-9(10-3-5-23-14(10)16)7-12(13(8)11)19-20-15(17)21-22/h2-5,9,22H,6-7H2,1H3,(H3,17,20,21)/b19-12-. The molecule has 0 bridgehead atoms. The van der Waals surface area contributed by atoms with Gasteiger partial charge in [0, 0.05) is 11.8 Å². The Morgan fingerprint density at radius 3 is 3.00 bits per heavy atom. The topological polar surface area (TPSA) is 95.9 Å². The number of nitrogens with one attached hydrogen (secondary N) is 1. The maximum absolute atomic E-state index is 8.76. The fraction of sp³-hybridized carbons (Fsp3) is 0.267. The SMILES string of the molecule is Cc1ccnc2c1/C(=N\N=C(N)NO)CC(c1ccsc1Br)C2. The van der Waals surface area contributed by atoms with Crippen LogP contribution in [0.4, 0.5) is 0 Å². The number of pyridine rings is 1. The first-order valence-electron chi connectivity index (χ1n) is 7.08. The molecule has 8 heteroatoms.